The average Bonchev–Trinajstić information content (AvgIpc) is 2.73. The molecule has 0 aromatic carbocycles. The number of rotatable bonds is 15. The Kier molecular flexibility index (Phi) is 12.6. The Labute approximate surface area is 175 Å². The highest BCUT2D eigenvalue weighted by Gasteiger charge is 2.63. The minimum atomic E-state index is -2.97. The van der Waals surface area contributed by atoms with E-state index in [2.05, 4.69) is 20.8 Å². The van der Waals surface area contributed by atoms with E-state index in [0.717, 1.165) is 0 Å². The fraction of sp³-hybridized carbons (Fsp3) is 1.00. The number of hydrogen-bond donors (Lipinski definition) is 0. The van der Waals surface area contributed by atoms with Gasteiger partial charge in [-0.25, -0.2) is 0 Å². The van der Waals surface area contributed by atoms with E-state index >= 15 is 0 Å². The topological polar surface area (TPSA) is 83.1 Å². The molecule has 0 saturated heterocycles. The zero-order valence-corrected chi connectivity index (χ0v) is 23.6. The Morgan fingerprint density at radius 1 is 0.393 bits per heavy atom. The monoisotopic (exact) mass is 476 g/mol. The molecule has 9 nitrogen and oxygen atoms in total. The molecule has 0 spiro atoms. The molecule has 0 aliphatic carbocycles. The zero-order chi connectivity index (χ0) is 22.2. The molecule has 0 N–H and O–H groups in total. The van der Waals surface area contributed by atoms with Gasteiger partial charge in [0.25, 0.3) is 0 Å². The Morgan fingerprint density at radius 2 is 0.536 bits per heavy atom. The summed E-state index contributed by atoms with van der Waals surface area (Å²) in [6, 6.07) is 0. The van der Waals surface area contributed by atoms with Gasteiger partial charge in [-0.15, -0.1) is 0 Å². The van der Waals surface area contributed by atoms with Gasteiger partial charge in [0.05, 0.1) is 8.80 Å². The molecule has 0 aliphatic heterocycles. The molecule has 0 fully saturated rings. The molecule has 3 unspecified atom stereocenters. The Bertz CT molecular complexity index is 347. The molecule has 0 radical (unpaired) electrons. The molecular formula is C15H40O9Si4. The molecule has 170 valence electrons. The van der Waals surface area contributed by atoms with Crippen molar-refractivity contribution in [3.8, 4) is 0 Å². The smallest absolute Gasteiger partial charge is 0.377 e. The molecule has 0 aromatic rings. The predicted octanol–water partition coefficient (Wildman–Crippen LogP) is 1.64. The highest BCUT2D eigenvalue weighted by Crippen LogP contribution is 2.45. The maximum atomic E-state index is 5.82. The van der Waals surface area contributed by atoms with E-state index in [-0.39, 0.29) is 15.5 Å². The van der Waals surface area contributed by atoms with Gasteiger partial charge in [0.1, 0.15) is 0 Å². The van der Waals surface area contributed by atoms with Gasteiger partial charge in [-0.2, -0.15) is 0 Å². The molecule has 3 atom stereocenters. The standard InChI is InChI=1S/C15H40O9Si4/c1-13(26(16-4,17-5)18-6)25(14(2)27(19-7,20-8)21-9)15(3)28(22-10,23-11)24-12/h13-15,25H,1-12H3. The summed E-state index contributed by atoms with van der Waals surface area (Å²) in [7, 11) is 3.70. The second kappa shape index (κ2) is 12.4. The van der Waals surface area contributed by atoms with Gasteiger partial charge in [-0.3, -0.25) is 0 Å². The van der Waals surface area contributed by atoms with E-state index in [1.54, 1.807) is 64.0 Å². The van der Waals surface area contributed by atoms with Gasteiger partial charge in [0.2, 0.25) is 0 Å². The van der Waals surface area contributed by atoms with Crippen LogP contribution < -0.4 is 0 Å². The van der Waals surface area contributed by atoms with Gasteiger partial charge in [-0.05, 0) is 0 Å². The van der Waals surface area contributed by atoms with Crippen LogP contribution in [0.15, 0.2) is 0 Å². The van der Waals surface area contributed by atoms with Gasteiger partial charge in [0.15, 0.2) is 0 Å². The molecule has 0 saturated carbocycles. The zero-order valence-electron chi connectivity index (χ0n) is 19.5. The van der Waals surface area contributed by atoms with Crippen molar-refractivity contribution in [2.45, 2.75) is 36.3 Å². The van der Waals surface area contributed by atoms with E-state index < -0.39 is 35.2 Å². The first-order chi connectivity index (χ1) is 13.1. The molecule has 0 aromatic heterocycles. The van der Waals surface area contributed by atoms with Crippen LogP contribution in [0.1, 0.15) is 20.8 Å². The van der Waals surface area contributed by atoms with E-state index in [0.29, 0.717) is 0 Å². The fourth-order valence-corrected chi connectivity index (χ4v) is 28.1. The van der Waals surface area contributed by atoms with Crippen LogP contribution in [0.3, 0.4) is 0 Å². The normalized spacial score (nSPS) is 18.0. The highest BCUT2D eigenvalue weighted by atomic mass is 28.5. The quantitative estimate of drug-likeness (QED) is 0.327. The summed E-state index contributed by atoms with van der Waals surface area (Å²) < 4.78 is 52.4. The van der Waals surface area contributed by atoms with Crippen molar-refractivity contribution in [2.24, 2.45) is 0 Å². The lowest BCUT2D eigenvalue weighted by Gasteiger charge is -2.45. The first-order valence-corrected chi connectivity index (χ1v) is 16.5. The van der Waals surface area contributed by atoms with E-state index in [9.17, 15) is 0 Å². The van der Waals surface area contributed by atoms with Crippen molar-refractivity contribution in [2.75, 3.05) is 64.0 Å². The van der Waals surface area contributed by atoms with Crippen LogP contribution in [0.5, 0.6) is 0 Å². The maximum Gasteiger partial charge on any atom is 0.500 e. The van der Waals surface area contributed by atoms with Crippen molar-refractivity contribution in [3.63, 3.8) is 0 Å². The van der Waals surface area contributed by atoms with Crippen LogP contribution in [0, 0.1) is 0 Å². The summed E-state index contributed by atoms with van der Waals surface area (Å²) in [5.74, 6) is 0. The second-order valence-electron chi connectivity index (χ2n) is 6.59. The van der Waals surface area contributed by atoms with Crippen LogP contribution in [0.4, 0.5) is 0 Å². The Hall–Kier alpha value is 0.508. The van der Waals surface area contributed by atoms with Gasteiger partial charge >= 0.3 is 26.4 Å². The maximum absolute atomic E-state index is 5.82. The van der Waals surface area contributed by atoms with Crippen LogP contribution in [0.25, 0.3) is 0 Å². The van der Waals surface area contributed by atoms with E-state index in [1.807, 2.05) is 0 Å². The lowest BCUT2D eigenvalue weighted by Crippen LogP contribution is -2.63. The van der Waals surface area contributed by atoms with Crippen molar-refractivity contribution >= 4 is 35.2 Å². The second-order valence-corrected chi connectivity index (χ2v) is 22.8. The molecule has 13 heteroatoms. The summed E-state index contributed by atoms with van der Waals surface area (Å²) in [5.41, 5.74) is 0. The van der Waals surface area contributed by atoms with Crippen molar-refractivity contribution in [1.82, 2.24) is 0 Å². The SMILES string of the molecule is CO[Si](OC)(OC)C(C)[SiH](C(C)[Si](OC)(OC)OC)C(C)[Si](OC)(OC)OC. The summed E-state index contributed by atoms with van der Waals surface area (Å²) in [4.78, 5) is 0. The minimum Gasteiger partial charge on any atom is -0.377 e. The summed E-state index contributed by atoms with van der Waals surface area (Å²) in [6.07, 6.45) is 0. The lowest BCUT2D eigenvalue weighted by atomic mass is 10.9. The van der Waals surface area contributed by atoms with Crippen LogP contribution in [-0.4, -0.2) is 99.2 Å². The highest BCUT2D eigenvalue weighted by molar-refractivity contribution is 6.96. The largest absolute Gasteiger partial charge is 0.500 e. The fourth-order valence-electron chi connectivity index (χ4n) is 4.43. The molecule has 0 heterocycles. The average molecular weight is 477 g/mol. The van der Waals surface area contributed by atoms with Crippen LogP contribution in [-0.2, 0) is 39.8 Å². The van der Waals surface area contributed by atoms with Crippen molar-refractivity contribution in [1.29, 1.82) is 0 Å². The van der Waals surface area contributed by atoms with E-state index in [1.165, 1.54) is 0 Å². The summed E-state index contributed by atoms with van der Waals surface area (Å²) in [5, 5.41) is -0.0496. The molecule has 0 amide bonds. The van der Waals surface area contributed by atoms with E-state index in [4.69, 9.17) is 39.8 Å². The lowest BCUT2D eigenvalue weighted by molar-refractivity contribution is 0.112. The number of hydrogen-bond acceptors (Lipinski definition) is 9. The summed E-state index contributed by atoms with van der Waals surface area (Å²) in [6.45, 7) is 6.31. The third kappa shape index (κ3) is 5.22. The molecule has 0 bridgehead atoms. The molecule has 0 aliphatic rings. The van der Waals surface area contributed by atoms with Gasteiger partial charge in [-0.1, -0.05) is 20.8 Å². The Balaban J connectivity index is 6.54. The first kappa shape index (κ1) is 28.5. The first-order valence-electron chi connectivity index (χ1n) is 9.11. The van der Waals surface area contributed by atoms with Gasteiger partial charge in [0, 0.05) is 79.5 Å². The minimum absolute atomic E-state index is 0.0165. The third-order valence-corrected chi connectivity index (χ3v) is 25.0. The van der Waals surface area contributed by atoms with Crippen LogP contribution >= 0.6 is 0 Å². The molecular weight excluding hydrogens is 437 g/mol. The molecule has 28 heavy (non-hydrogen) atoms. The van der Waals surface area contributed by atoms with Gasteiger partial charge < -0.3 is 39.8 Å². The van der Waals surface area contributed by atoms with Crippen molar-refractivity contribution < 1.29 is 39.8 Å². The molecule has 0 rings (SSSR count). The third-order valence-electron chi connectivity index (χ3n) is 5.97. The Morgan fingerprint density at radius 3 is 0.643 bits per heavy atom. The summed E-state index contributed by atoms with van der Waals surface area (Å²) >= 11 is 0. The predicted molar refractivity (Wildman–Crippen MR) is 116 cm³/mol. The van der Waals surface area contributed by atoms with Crippen LogP contribution in [0.2, 0.25) is 15.5 Å². The van der Waals surface area contributed by atoms with Crippen molar-refractivity contribution in [3.05, 3.63) is 0 Å².